The molecule has 2 atom stereocenters. The van der Waals surface area contributed by atoms with Gasteiger partial charge in [0.25, 0.3) is 0 Å². The van der Waals surface area contributed by atoms with Gasteiger partial charge >= 0.3 is 0 Å². The van der Waals surface area contributed by atoms with E-state index in [2.05, 4.69) is 34.6 Å². The highest BCUT2D eigenvalue weighted by atomic mass is 32.2. The van der Waals surface area contributed by atoms with Crippen LogP contribution in [0.15, 0.2) is 41.6 Å². The summed E-state index contributed by atoms with van der Waals surface area (Å²) in [7, 11) is 1.82. The molecule has 0 spiro atoms. The fourth-order valence-electron chi connectivity index (χ4n) is 5.02. The zero-order valence-corrected chi connectivity index (χ0v) is 20.2. The van der Waals surface area contributed by atoms with Crippen molar-refractivity contribution >= 4 is 29.4 Å². The molecule has 2 aromatic rings. The van der Waals surface area contributed by atoms with E-state index in [0.29, 0.717) is 38.2 Å². The van der Waals surface area contributed by atoms with Gasteiger partial charge in [0, 0.05) is 61.7 Å². The molecule has 0 bridgehead atoms. The molecule has 2 saturated heterocycles. The fourth-order valence-corrected chi connectivity index (χ4v) is 5.43. The van der Waals surface area contributed by atoms with E-state index in [1.807, 2.05) is 18.2 Å². The van der Waals surface area contributed by atoms with Gasteiger partial charge in [0.05, 0.1) is 0 Å². The maximum Gasteiger partial charge on any atom is 0.222 e. The summed E-state index contributed by atoms with van der Waals surface area (Å²) in [5.41, 5.74) is 0.784. The number of carbonyl (C=O) groups is 3. The molecular formula is C25H32N4O3S. The lowest BCUT2D eigenvalue weighted by atomic mass is 9.84. The number of benzene rings is 1. The van der Waals surface area contributed by atoms with E-state index in [0.717, 1.165) is 25.7 Å². The Morgan fingerprint density at radius 2 is 2.06 bits per heavy atom. The molecule has 0 aliphatic carbocycles. The van der Waals surface area contributed by atoms with Gasteiger partial charge in [-0.1, -0.05) is 12.1 Å². The zero-order valence-electron chi connectivity index (χ0n) is 19.4. The van der Waals surface area contributed by atoms with E-state index in [-0.39, 0.29) is 29.1 Å². The van der Waals surface area contributed by atoms with Crippen LogP contribution in [0.3, 0.4) is 0 Å². The minimum atomic E-state index is -0.383. The van der Waals surface area contributed by atoms with E-state index in [9.17, 15) is 14.4 Å². The second kappa shape index (κ2) is 10.1. The number of nitrogens with zero attached hydrogens (tertiary/aromatic N) is 3. The monoisotopic (exact) mass is 468 g/mol. The number of aryl methyl sites for hydroxylation is 1. The maximum atomic E-state index is 13.1. The molecule has 2 fully saturated rings. The first-order valence-corrected chi connectivity index (χ1v) is 12.8. The molecule has 8 heteroatoms. The molecule has 0 saturated carbocycles. The number of ketones is 1. The Balaban J connectivity index is 1.38. The molecule has 0 unspecified atom stereocenters. The number of likely N-dealkylation sites (tertiary alicyclic amines) is 1. The van der Waals surface area contributed by atoms with Crippen molar-refractivity contribution in [2.45, 2.75) is 55.4 Å². The molecule has 1 aromatic heterocycles. The molecule has 0 radical (unpaired) electrons. The topological polar surface area (TPSA) is 84.3 Å². The van der Waals surface area contributed by atoms with Crippen LogP contribution >= 0.6 is 11.8 Å². The molecular weight excluding hydrogens is 436 g/mol. The van der Waals surface area contributed by atoms with Crippen molar-refractivity contribution in [2.75, 3.05) is 19.3 Å². The molecule has 1 aromatic carbocycles. The standard InChI is InChI=1S/C25H32N4O3S/c1-28-15-13-26-24(28)23(32)19-4-3-14-29(17-19)22(31)10-12-25(11-9-21(30)27-25)16-18-5-7-20(33-2)8-6-18/h5-8,13,15,19H,3-4,9-12,14,16-17H2,1-2H3,(H,27,30)/t19-,25-/m1/s1. The molecule has 3 heterocycles. The maximum absolute atomic E-state index is 13.1. The largest absolute Gasteiger partial charge is 0.350 e. The Morgan fingerprint density at radius 3 is 2.70 bits per heavy atom. The van der Waals surface area contributed by atoms with E-state index in [1.165, 1.54) is 10.5 Å². The highest BCUT2D eigenvalue weighted by Gasteiger charge is 2.39. The third-order valence-electron chi connectivity index (χ3n) is 6.94. The average Bonchev–Trinajstić information content (AvgIpc) is 3.43. The van der Waals surface area contributed by atoms with Crippen molar-refractivity contribution in [3.63, 3.8) is 0 Å². The summed E-state index contributed by atoms with van der Waals surface area (Å²) in [5, 5.41) is 3.17. The van der Waals surface area contributed by atoms with Crippen LogP contribution in [0.1, 0.15) is 54.7 Å². The van der Waals surface area contributed by atoms with Crippen molar-refractivity contribution in [1.29, 1.82) is 0 Å². The lowest BCUT2D eigenvalue weighted by Gasteiger charge is -2.34. The third kappa shape index (κ3) is 5.49. The van der Waals surface area contributed by atoms with Crippen LogP contribution in [0.4, 0.5) is 0 Å². The predicted octanol–water partition coefficient (Wildman–Crippen LogP) is 3.24. The lowest BCUT2D eigenvalue weighted by Crippen LogP contribution is -2.46. The normalized spacial score (nSPS) is 22.9. The van der Waals surface area contributed by atoms with E-state index in [4.69, 9.17) is 0 Å². The summed E-state index contributed by atoms with van der Waals surface area (Å²) in [6.07, 6.45) is 9.98. The summed E-state index contributed by atoms with van der Waals surface area (Å²) in [4.78, 5) is 45.3. The van der Waals surface area contributed by atoms with E-state index in [1.54, 1.807) is 28.7 Å². The number of nitrogens with one attached hydrogen (secondary N) is 1. The molecule has 2 amide bonds. The van der Waals surface area contributed by atoms with Crippen LogP contribution in [0.2, 0.25) is 0 Å². The SMILES string of the molecule is CSc1ccc(C[C@]2(CCC(=O)N3CCC[C@@H](C(=O)c4nccn4C)C3)CCC(=O)N2)cc1. The minimum absolute atomic E-state index is 0.00761. The molecule has 33 heavy (non-hydrogen) atoms. The number of amides is 2. The molecule has 2 aliphatic rings. The zero-order chi connectivity index (χ0) is 23.4. The number of Topliss-reactive ketones (excluding diaryl/α,β-unsaturated/α-hetero) is 1. The van der Waals surface area contributed by atoms with Crippen LogP contribution < -0.4 is 5.32 Å². The third-order valence-corrected chi connectivity index (χ3v) is 7.68. The van der Waals surface area contributed by atoms with Gasteiger partial charge in [-0.05, 0) is 56.1 Å². The molecule has 176 valence electrons. The number of thioether (sulfide) groups is 1. The first-order chi connectivity index (χ1) is 15.9. The first-order valence-electron chi connectivity index (χ1n) is 11.6. The highest BCUT2D eigenvalue weighted by molar-refractivity contribution is 7.98. The molecule has 4 rings (SSSR count). The number of rotatable bonds is 8. The Morgan fingerprint density at radius 1 is 1.27 bits per heavy atom. The van der Waals surface area contributed by atoms with Crippen molar-refractivity contribution in [3.05, 3.63) is 48.0 Å². The van der Waals surface area contributed by atoms with Crippen LogP contribution in [0.5, 0.6) is 0 Å². The Labute approximate surface area is 199 Å². The molecule has 2 aliphatic heterocycles. The Kier molecular flexibility index (Phi) is 7.22. The number of piperidine rings is 1. The van der Waals surface area contributed by atoms with Gasteiger partial charge in [0.1, 0.15) is 0 Å². The van der Waals surface area contributed by atoms with E-state index < -0.39 is 0 Å². The quantitative estimate of drug-likeness (QED) is 0.475. The lowest BCUT2D eigenvalue weighted by molar-refractivity contribution is -0.133. The van der Waals surface area contributed by atoms with Gasteiger partial charge in [-0.2, -0.15) is 0 Å². The Bertz CT molecular complexity index is 1020. The number of aromatic nitrogens is 2. The first kappa shape index (κ1) is 23.5. The second-order valence-corrected chi connectivity index (χ2v) is 10.1. The van der Waals surface area contributed by atoms with Gasteiger partial charge in [0.15, 0.2) is 5.82 Å². The van der Waals surface area contributed by atoms with Gasteiger partial charge in [-0.25, -0.2) is 4.98 Å². The van der Waals surface area contributed by atoms with Crippen molar-refractivity contribution < 1.29 is 14.4 Å². The smallest absolute Gasteiger partial charge is 0.222 e. The molecule has 1 N–H and O–H groups in total. The Hall–Kier alpha value is -2.61. The van der Waals surface area contributed by atoms with Gasteiger partial charge in [-0.15, -0.1) is 11.8 Å². The summed E-state index contributed by atoms with van der Waals surface area (Å²) in [5.74, 6) is 0.369. The fraction of sp³-hybridized carbons (Fsp3) is 0.520. The number of hydrogen-bond donors (Lipinski definition) is 1. The van der Waals surface area contributed by atoms with Gasteiger partial charge in [-0.3, -0.25) is 14.4 Å². The number of imidazole rings is 1. The van der Waals surface area contributed by atoms with Gasteiger partial charge < -0.3 is 14.8 Å². The van der Waals surface area contributed by atoms with Crippen LogP contribution in [-0.4, -0.2) is 56.9 Å². The average molecular weight is 469 g/mol. The minimum Gasteiger partial charge on any atom is -0.350 e. The number of hydrogen-bond acceptors (Lipinski definition) is 5. The summed E-state index contributed by atoms with van der Waals surface area (Å²) in [6.45, 7) is 1.12. The van der Waals surface area contributed by atoms with Crippen LogP contribution in [-0.2, 0) is 23.1 Å². The van der Waals surface area contributed by atoms with E-state index >= 15 is 0 Å². The second-order valence-electron chi connectivity index (χ2n) is 9.26. The highest BCUT2D eigenvalue weighted by Crippen LogP contribution is 2.31. The van der Waals surface area contributed by atoms with Crippen molar-refractivity contribution in [2.24, 2.45) is 13.0 Å². The van der Waals surface area contributed by atoms with Crippen molar-refractivity contribution in [1.82, 2.24) is 19.8 Å². The van der Waals surface area contributed by atoms with Crippen LogP contribution in [0.25, 0.3) is 0 Å². The summed E-state index contributed by atoms with van der Waals surface area (Å²) < 4.78 is 1.74. The number of carbonyl (C=O) groups excluding carboxylic acids is 3. The van der Waals surface area contributed by atoms with Gasteiger partial charge in [0.2, 0.25) is 17.6 Å². The predicted molar refractivity (Wildman–Crippen MR) is 128 cm³/mol. The van der Waals surface area contributed by atoms with Crippen molar-refractivity contribution in [3.8, 4) is 0 Å². The summed E-state index contributed by atoms with van der Waals surface area (Å²) >= 11 is 1.70. The molecule has 7 nitrogen and oxygen atoms in total. The van der Waals surface area contributed by atoms with Crippen LogP contribution in [0, 0.1) is 5.92 Å². The summed E-state index contributed by atoms with van der Waals surface area (Å²) in [6, 6.07) is 8.42.